The summed E-state index contributed by atoms with van der Waals surface area (Å²) in [5.74, 6) is 7.46. The van der Waals surface area contributed by atoms with Gasteiger partial charge in [0.2, 0.25) is 0 Å². The van der Waals surface area contributed by atoms with Crippen LogP contribution in [0.25, 0.3) is 0 Å². The van der Waals surface area contributed by atoms with Crippen molar-refractivity contribution in [3.63, 3.8) is 0 Å². The molecule has 2 atom stereocenters. The molecule has 4 heteroatoms. The summed E-state index contributed by atoms with van der Waals surface area (Å²) < 4.78 is 0. The van der Waals surface area contributed by atoms with Crippen molar-refractivity contribution in [2.45, 2.75) is 20.3 Å². The van der Waals surface area contributed by atoms with Gasteiger partial charge in [0.15, 0.2) is 0 Å². The zero-order valence-electron chi connectivity index (χ0n) is 8.19. The monoisotopic (exact) mass is 219 g/mol. The fraction of sp³-hybridized carbons (Fsp3) is 0.556. The van der Waals surface area contributed by atoms with E-state index < -0.39 is 0 Å². The second kappa shape index (κ2) is 8.61. The highest BCUT2D eigenvalue weighted by atomic mass is 32.7. The van der Waals surface area contributed by atoms with Crippen LogP contribution in [0.15, 0.2) is 24.0 Å². The maximum Gasteiger partial charge on any atom is 0.142 e. The lowest BCUT2D eigenvalue weighted by molar-refractivity contribution is 0.232. The van der Waals surface area contributed by atoms with E-state index in [1.807, 2.05) is 12.2 Å². The maximum absolute atomic E-state index is 5.09. The molecule has 13 heavy (non-hydrogen) atoms. The third-order valence-corrected chi connectivity index (χ3v) is 2.79. The van der Waals surface area contributed by atoms with Crippen LogP contribution in [0, 0.1) is 5.92 Å². The zero-order valence-corrected chi connectivity index (χ0v) is 10.2. The topological polar surface area (TPSA) is 35.2 Å². The predicted octanol–water partition coefficient (Wildman–Crippen LogP) is 2.89. The zero-order chi connectivity index (χ0) is 10.1. The number of nitrogens with two attached hydrogens (primary N) is 1. The van der Waals surface area contributed by atoms with Crippen LogP contribution in [0.5, 0.6) is 0 Å². The summed E-state index contributed by atoms with van der Waals surface area (Å²) in [6.07, 6.45) is 6.92. The van der Waals surface area contributed by atoms with Gasteiger partial charge in [0.25, 0.3) is 0 Å². The van der Waals surface area contributed by atoms with Crippen LogP contribution >= 0.6 is 19.8 Å². The average molecular weight is 219 g/mol. The first kappa shape index (κ1) is 13.0. The van der Waals surface area contributed by atoms with Gasteiger partial charge in [-0.25, -0.2) is 0 Å². The largest absolute Gasteiger partial charge is 0.412 e. The van der Waals surface area contributed by atoms with E-state index >= 15 is 0 Å². The van der Waals surface area contributed by atoms with E-state index in [9.17, 15) is 0 Å². The summed E-state index contributed by atoms with van der Waals surface area (Å²) in [4.78, 5) is 4.68. The Balaban J connectivity index is 3.98. The van der Waals surface area contributed by atoms with Gasteiger partial charge < -0.3 is 4.84 Å². The number of hydrogen-bond acceptors (Lipinski definition) is 3. The third-order valence-electron chi connectivity index (χ3n) is 1.49. The Morgan fingerprint density at radius 1 is 1.69 bits per heavy atom. The molecule has 0 aromatic heterocycles. The first-order chi connectivity index (χ1) is 6.24. The van der Waals surface area contributed by atoms with Gasteiger partial charge in [-0.05, 0) is 24.5 Å². The van der Waals surface area contributed by atoms with Gasteiger partial charge in [0, 0.05) is 5.75 Å². The van der Waals surface area contributed by atoms with E-state index in [-0.39, 0.29) is 0 Å². The number of hydrogen-bond donors (Lipinski definition) is 1. The molecule has 2 N–H and O–H groups in total. The van der Waals surface area contributed by atoms with Crippen molar-refractivity contribution < 1.29 is 4.84 Å². The molecule has 0 bridgehead atoms. The normalized spacial score (nSPS) is 14.9. The van der Waals surface area contributed by atoms with Gasteiger partial charge in [-0.1, -0.05) is 28.4 Å². The summed E-state index contributed by atoms with van der Waals surface area (Å²) >= 11 is 1.76. The molecule has 0 aromatic rings. The molecule has 0 heterocycles. The van der Waals surface area contributed by atoms with E-state index in [4.69, 9.17) is 5.90 Å². The molecule has 0 radical (unpaired) electrons. The Morgan fingerprint density at radius 2 is 2.38 bits per heavy atom. The summed E-state index contributed by atoms with van der Waals surface area (Å²) in [5.41, 5.74) is 0. The van der Waals surface area contributed by atoms with Gasteiger partial charge in [-0.2, -0.15) is 5.90 Å². The molecule has 76 valence electrons. The van der Waals surface area contributed by atoms with E-state index in [0.717, 1.165) is 17.9 Å². The van der Waals surface area contributed by atoms with Gasteiger partial charge in [0.1, 0.15) is 5.76 Å². The van der Waals surface area contributed by atoms with Gasteiger partial charge in [-0.15, -0.1) is 11.4 Å². The Labute approximate surface area is 86.9 Å². The third kappa shape index (κ3) is 7.12. The van der Waals surface area contributed by atoms with E-state index in [1.165, 1.54) is 0 Å². The standard InChI is InChI=1S/C9H18NOPS/c1-3-4-9(11-10)6-5-8(2)7-13-12/h4-6,8H,3,7,10,12H2,1-2H3/b6-5-,9-4+. The summed E-state index contributed by atoms with van der Waals surface area (Å²) in [6, 6.07) is 0. The molecule has 0 aliphatic rings. The van der Waals surface area contributed by atoms with Crippen LogP contribution in [0.4, 0.5) is 0 Å². The molecule has 0 aliphatic heterocycles. The van der Waals surface area contributed by atoms with Crippen LogP contribution < -0.4 is 5.90 Å². The Morgan fingerprint density at radius 3 is 2.85 bits per heavy atom. The number of rotatable bonds is 6. The van der Waals surface area contributed by atoms with Crippen LogP contribution in [0.2, 0.25) is 0 Å². The summed E-state index contributed by atoms with van der Waals surface area (Å²) in [5, 5.41) is 0. The molecule has 0 spiro atoms. The fourth-order valence-electron chi connectivity index (χ4n) is 0.823. The van der Waals surface area contributed by atoms with Gasteiger partial charge in [0.05, 0.1) is 0 Å². The highest BCUT2D eigenvalue weighted by Crippen LogP contribution is 2.16. The van der Waals surface area contributed by atoms with Crippen LogP contribution in [-0.4, -0.2) is 5.75 Å². The smallest absolute Gasteiger partial charge is 0.142 e. The fourth-order valence-corrected chi connectivity index (χ4v) is 2.15. The van der Waals surface area contributed by atoms with Crippen molar-refractivity contribution in [1.82, 2.24) is 0 Å². The van der Waals surface area contributed by atoms with E-state index in [0.29, 0.717) is 5.92 Å². The van der Waals surface area contributed by atoms with Gasteiger partial charge in [-0.3, -0.25) is 0 Å². The van der Waals surface area contributed by atoms with Gasteiger partial charge >= 0.3 is 0 Å². The molecule has 0 fully saturated rings. The molecular weight excluding hydrogens is 201 g/mol. The Kier molecular flexibility index (Phi) is 8.62. The SMILES string of the molecule is CC/C=C(\C=C/C(C)CSP)ON. The lowest BCUT2D eigenvalue weighted by Gasteiger charge is -2.03. The average Bonchev–Trinajstić information content (AvgIpc) is 2.12. The van der Waals surface area contributed by atoms with E-state index in [1.54, 1.807) is 11.4 Å². The molecule has 0 saturated carbocycles. The van der Waals surface area contributed by atoms with Crippen LogP contribution in [-0.2, 0) is 4.84 Å². The summed E-state index contributed by atoms with van der Waals surface area (Å²) in [7, 11) is 2.64. The second-order valence-corrected chi connectivity index (χ2v) is 4.47. The summed E-state index contributed by atoms with van der Waals surface area (Å²) in [6.45, 7) is 4.21. The van der Waals surface area contributed by atoms with E-state index in [2.05, 4.69) is 33.2 Å². The quantitative estimate of drug-likeness (QED) is 0.323. The molecule has 2 nitrogen and oxygen atoms in total. The van der Waals surface area contributed by atoms with Crippen LogP contribution in [0.1, 0.15) is 20.3 Å². The van der Waals surface area contributed by atoms with Crippen molar-refractivity contribution in [2.75, 3.05) is 5.75 Å². The molecular formula is C9H18NOPS. The molecule has 0 aromatic carbocycles. The maximum atomic E-state index is 5.09. The highest BCUT2D eigenvalue weighted by molar-refractivity contribution is 8.43. The van der Waals surface area contributed by atoms with Crippen molar-refractivity contribution >= 4 is 19.8 Å². The predicted molar refractivity (Wildman–Crippen MR) is 64.1 cm³/mol. The number of allylic oxidation sites excluding steroid dienone is 3. The van der Waals surface area contributed by atoms with Crippen molar-refractivity contribution in [3.05, 3.63) is 24.0 Å². The minimum absolute atomic E-state index is 0.540. The minimum Gasteiger partial charge on any atom is -0.412 e. The first-order valence-corrected chi connectivity index (χ1v) is 6.77. The van der Waals surface area contributed by atoms with Crippen molar-refractivity contribution in [1.29, 1.82) is 0 Å². The molecule has 2 unspecified atom stereocenters. The van der Waals surface area contributed by atoms with Crippen molar-refractivity contribution in [3.8, 4) is 0 Å². The lowest BCUT2D eigenvalue weighted by atomic mass is 10.2. The second-order valence-electron chi connectivity index (χ2n) is 2.80. The van der Waals surface area contributed by atoms with Crippen LogP contribution in [0.3, 0.4) is 0 Å². The Hall–Kier alpha value is 0.0200. The first-order valence-electron chi connectivity index (χ1n) is 4.31. The lowest BCUT2D eigenvalue weighted by Crippen LogP contribution is -1.98. The molecule has 0 saturated heterocycles. The molecule has 0 aliphatic carbocycles. The highest BCUT2D eigenvalue weighted by Gasteiger charge is 1.95. The molecule has 0 amide bonds. The minimum atomic E-state index is 0.540. The molecule has 0 rings (SSSR count). The Bertz CT molecular complexity index is 182. The van der Waals surface area contributed by atoms with Crippen molar-refractivity contribution in [2.24, 2.45) is 11.8 Å².